The molecule has 0 fully saturated rings. The molecule has 0 radical (unpaired) electrons. The number of benzene rings is 3. The van der Waals surface area contributed by atoms with Crippen LogP contribution < -0.4 is 0 Å². The molecule has 0 saturated carbocycles. The second-order valence-electron chi connectivity index (χ2n) is 10.5. The first-order chi connectivity index (χ1) is 15.1. The third kappa shape index (κ3) is 3.70. The van der Waals surface area contributed by atoms with Crippen molar-refractivity contribution in [1.29, 1.82) is 0 Å². The van der Waals surface area contributed by atoms with Crippen LogP contribution in [-0.4, -0.2) is 9.97 Å². The van der Waals surface area contributed by atoms with Crippen molar-refractivity contribution in [2.75, 3.05) is 0 Å². The normalized spacial score (nSPS) is 12.7. The maximum absolute atomic E-state index is 6.08. The molecule has 0 unspecified atom stereocenters. The minimum atomic E-state index is 0.0655. The molecule has 0 atom stereocenters. The predicted molar refractivity (Wildman–Crippen MR) is 130 cm³/mol. The van der Waals surface area contributed by atoms with E-state index in [0.29, 0.717) is 11.8 Å². The van der Waals surface area contributed by atoms with Gasteiger partial charge in [-0.15, -0.1) is 0 Å². The number of hydrogen-bond donors (Lipinski definition) is 0. The molecule has 0 aliphatic carbocycles. The van der Waals surface area contributed by atoms with Gasteiger partial charge in [-0.2, -0.15) is 0 Å². The second kappa shape index (κ2) is 7.06. The van der Waals surface area contributed by atoms with Crippen LogP contribution in [0.2, 0.25) is 0 Å². The molecule has 2 heterocycles. The molecule has 2 aromatic heterocycles. The number of aromatic nitrogens is 2. The summed E-state index contributed by atoms with van der Waals surface area (Å²) in [5.41, 5.74) is 7.79. The van der Waals surface area contributed by atoms with E-state index in [1.165, 1.54) is 11.1 Å². The second-order valence-corrected chi connectivity index (χ2v) is 10.5. The summed E-state index contributed by atoms with van der Waals surface area (Å²) in [5.74, 6) is 1.23. The zero-order valence-electron chi connectivity index (χ0n) is 19.5. The Kier molecular flexibility index (Phi) is 4.52. The fraction of sp³-hybridized carbons (Fsp3) is 0.286. The van der Waals surface area contributed by atoms with Crippen LogP contribution in [0.5, 0.6) is 0 Å². The minimum Gasteiger partial charge on any atom is -0.436 e. The van der Waals surface area contributed by atoms with Crippen molar-refractivity contribution in [3.05, 3.63) is 71.8 Å². The Balaban J connectivity index is 1.46. The van der Waals surface area contributed by atoms with E-state index in [4.69, 9.17) is 8.83 Å². The van der Waals surface area contributed by atoms with Gasteiger partial charge in [0.1, 0.15) is 11.0 Å². The lowest BCUT2D eigenvalue weighted by atomic mass is 9.87. The van der Waals surface area contributed by atoms with Gasteiger partial charge < -0.3 is 8.83 Å². The molecule has 0 N–H and O–H groups in total. The first-order valence-corrected chi connectivity index (χ1v) is 11.0. The summed E-state index contributed by atoms with van der Waals surface area (Å²) in [6, 6.07) is 20.5. The van der Waals surface area contributed by atoms with Gasteiger partial charge in [-0.1, -0.05) is 53.7 Å². The summed E-state index contributed by atoms with van der Waals surface area (Å²) in [4.78, 5) is 9.34. The molecule has 5 aromatic rings. The summed E-state index contributed by atoms with van der Waals surface area (Å²) in [5, 5.41) is 0. The Hall–Kier alpha value is -3.40. The molecular weight excluding hydrogens is 396 g/mol. The molecule has 4 nitrogen and oxygen atoms in total. The number of oxazole rings is 2. The van der Waals surface area contributed by atoms with Crippen molar-refractivity contribution in [2.24, 2.45) is 0 Å². The molecule has 0 saturated heterocycles. The van der Waals surface area contributed by atoms with E-state index < -0.39 is 0 Å². The quantitative estimate of drug-likeness (QED) is 0.289. The number of nitrogens with zero attached hydrogens (tertiary/aromatic N) is 2. The molecule has 0 aliphatic rings. The third-order valence-corrected chi connectivity index (χ3v) is 5.89. The highest BCUT2D eigenvalue weighted by molar-refractivity contribution is 5.79. The van der Waals surface area contributed by atoms with Gasteiger partial charge in [-0.05, 0) is 70.5 Å². The van der Waals surface area contributed by atoms with Crippen molar-refractivity contribution in [3.63, 3.8) is 0 Å². The van der Waals surface area contributed by atoms with Gasteiger partial charge in [0, 0.05) is 11.1 Å². The highest BCUT2D eigenvalue weighted by Crippen LogP contribution is 2.32. The van der Waals surface area contributed by atoms with E-state index >= 15 is 0 Å². The summed E-state index contributed by atoms with van der Waals surface area (Å²) in [6.07, 6.45) is 0. The van der Waals surface area contributed by atoms with E-state index in [0.717, 1.165) is 33.3 Å². The van der Waals surface area contributed by atoms with Gasteiger partial charge in [-0.3, -0.25) is 0 Å². The van der Waals surface area contributed by atoms with Gasteiger partial charge >= 0.3 is 0 Å². The van der Waals surface area contributed by atoms with Crippen LogP contribution in [0.15, 0.2) is 69.5 Å². The fourth-order valence-corrected chi connectivity index (χ4v) is 3.78. The molecule has 0 amide bonds. The topological polar surface area (TPSA) is 52.1 Å². The zero-order chi connectivity index (χ0) is 22.7. The Labute approximate surface area is 188 Å². The molecule has 3 aromatic carbocycles. The molecule has 0 spiro atoms. The van der Waals surface area contributed by atoms with Gasteiger partial charge in [0.05, 0.1) is 0 Å². The maximum atomic E-state index is 6.08. The average Bonchev–Trinajstić information content (AvgIpc) is 3.35. The van der Waals surface area contributed by atoms with Gasteiger partial charge in [-0.25, -0.2) is 9.97 Å². The summed E-state index contributed by atoms with van der Waals surface area (Å²) >= 11 is 0. The van der Waals surface area contributed by atoms with E-state index in [1.807, 2.05) is 36.4 Å². The smallest absolute Gasteiger partial charge is 0.227 e. The lowest BCUT2D eigenvalue weighted by molar-refractivity contribution is 0.584. The van der Waals surface area contributed by atoms with Gasteiger partial charge in [0.2, 0.25) is 11.8 Å². The molecule has 0 bridgehead atoms. The van der Waals surface area contributed by atoms with Crippen LogP contribution in [0.4, 0.5) is 0 Å². The molecule has 5 rings (SSSR count). The standard InChI is InChI=1S/C28H28N2O2/c1-27(2,3)19-11-13-21-23(15-19)31-25(29-21)17-7-9-18(10-8-17)26-30-22-14-12-20(28(4,5)6)16-24(22)32-26/h7-16H,1-6H3. The van der Waals surface area contributed by atoms with Crippen molar-refractivity contribution >= 4 is 22.2 Å². The SMILES string of the molecule is CC(C)(C)c1ccc2nc(-c3ccc(-c4nc5ccc(C(C)(C)C)cc5o4)cc3)oc2c1. The molecular formula is C28H28N2O2. The Bertz CT molecular complexity index is 1310. The molecule has 162 valence electrons. The van der Waals surface area contributed by atoms with Crippen LogP contribution in [-0.2, 0) is 10.8 Å². The van der Waals surface area contributed by atoms with Gasteiger partial charge in [0.25, 0.3) is 0 Å². The lowest BCUT2D eigenvalue weighted by Crippen LogP contribution is -2.10. The zero-order valence-corrected chi connectivity index (χ0v) is 19.5. The summed E-state index contributed by atoms with van der Waals surface area (Å²) in [7, 11) is 0. The lowest BCUT2D eigenvalue weighted by Gasteiger charge is -2.18. The van der Waals surface area contributed by atoms with Crippen molar-refractivity contribution in [2.45, 2.75) is 52.4 Å². The first-order valence-electron chi connectivity index (χ1n) is 11.0. The molecule has 4 heteroatoms. The predicted octanol–water partition coefficient (Wildman–Crippen LogP) is 7.90. The highest BCUT2D eigenvalue weighted by atomic mass is 16.4. The third-order valence-electron chi connectivity index (χ3n) is 5.89. The monoisotopic (exact) mass is 424 g/mol. The Morgan fingerprint density at radius 1 is 0.531 bits per heavy atom. The van der Waals surface area contributed by atoms with Crippen molar-refractivity contribution in [3.8, 4) is 22.9 Å². The van der Waals surface area contributed by atoms with Crippen LogP contribution in [0.3, 0.4) is 0 Å². The number of fused-ring (bicyclic) bond motifs is 2. The largest absolute Gasteiger partial charge is 0.436 e. The van der Waals surface area contributed by atoms with Crippen LogP contribution in [0, 0.1) is 0 Å². The number of rotatable bonds is 2. The average molecular weight is 425 g/mol. The van der Waals surface area contributed by atoms with E-state index in [9.17, 15) is 0 Å². The van der Waals surface area contributed by atoms with E-state index in [-0.39, 0.29) is 10.8 Å². The van der Waals surface area contributed by atoms with Crippen LogP contribution in [0.25, 0.3) is 45.1 Å². The fourth-order valence-electron chi connectivity index (χ4n) is 3.78. The maximum Gasteiger partial charge on any atom is 0.227 e. The highest BCUT2D eigenvalue weighted by Gasteiger charge is 2.18. The Morgan fingerprint density at radius 3 is 1.25 bits per heavy atom. The number of hydrogen-bond acceptors (Lipinski definition) is 4. The van der Waals surface area contributed by atoms with Crippen molar-refractivity contribution < 1.29 is 8.83 Å². The first kappa shape index (κ1) is 20.5. The molecule has 0 aliphatic heterocycles. The molecule has 32 heavy (non-hydrogen) atoms. The summed E-state index contributed by atoms with van der Waals surface area (Å²) in [6.45, 7) is 13.2. The summed E-state index contributed by atoms with van der Waals surface area (Å²) < 4.78 is 12.2. The van der Waals surface area contributed by atoms with Crippen molar-refractivity contribution in [1.82, 2.24) is 9.97 Å². The minimum absolute atomic E-state index is 0.0655. The Morgan fingerprint density at radius 2 is 0.906 bits per heavy atom. The van der Waals surface area contributed by atoms with Crippen LogP contribution in [0.1, 0.15) is 52.7 Å². The van der Waals surface area contributed by atoms with Gasteiger partial charge in [0.15, 0.2) is 11.2 Å². The van der Waals surface area contributed by atoms with E-state index in [1.54, 1.807) is 0 Å². The van der Waals surface area contributed by atoms with E-state index in [2.05, 4.69) is 75.8 Å². The van der Waals surface area contributed by atoms with Crippen LogP contribution >= 0.6 is 0 Å².